The van der Waals surface area contributed by atoms with E-state index >= 15 is 0 Å². The van der Waals surface area contributed by atoms with Crippen LogP contribution in [0.5, 0.6) is 0 Å². The highest BCUT2D eigenvalue weighted by Crippen LogP contribution is 2.49. The highest BCUT2D eigenvalue weighted by molar-refractivity contribution is 7.12. The van der Waals surface area contributed by atoms with Crippen LogP contribution in [0.3, 0.4) is 0 Å². The number of nitrogens with zero attached hydrogens (tertiary/aromatic N) is 3. The molecule has 3 aromatic rings. The number of amidine groups is 2. The van der Waals surface area contributed by atoms with Gasteiger partial charge in [-0.1, -0.05) is 36.4 Å². The maximum atomic E-state index is 13.9. The molecule has 0 atom stereocenters. The molecule has 0 amide bonds. The summed E-state index contributed by atoms with van der Waals surface area (Å²) in [5, 5.41) is 1.54. The van der Waals surface area contributed by atoms with Crippen molar-refractivity contribution in [1.29, 1.82) is 0 Å². The van der Waals surface area contributed by atoms with Gasteiger partial charge >= 0.3 is 18.0 Å². The zero-order chi connectivity index (χ0) is 22.3. The molecule has 0 saturated heterocycles. The van der Waals surface area contributed by atoms with E-state index in [0.29, 0.717) is 5.76 Å². The van der Waals surface area contributed by atoms with E-state index in [1.807, 2.05) is 0 Å². The van der Waals surface area contributed by atoms with E-state index in [-0.39, 0.29) is 17.0 Å². The molecular formula is C20H13F6N3OS. The minimum absolute atomic E-state index is 0.0795. The molecule has 0 aliphatic carbocycles. The first kappa shape index (κ1) is 21.2. The molecule has 31 heavy (non-hydrogen) atoms. The first-order chi connectivity index (χ1) is 14.6. The molecule has 162 valence electrons. The molecule has 0 unspecified atom stereocenters. The van der Waals surface area contributed by atoms with Crippen molar-refractivity contribution in [2.45, 2.75) is 24.6 Å². The zero-order valence-electron chi connectivity index (χ0n) is 15.5. The highest BCUT2D eigenvalue weighted by atomic mass is 32.1. The van der Waals surface area contributed by atoms with Crippen molar-refractivity contribution in [2.75, 3.05) is 0 Å². The Balaban J connectivity index is 2.00. The predicted octanol–water partition coefficient (Wildman–Crippen LogP) is 5.87. The average molecular weight is 457 g/mol. The van der Waals surface area contributed by atoms with Gasteiger partial charge in [0, 0.05) is 5.56 Å². The van der Waals surface area contributed by atoms with Gasteiger partial charge in [0.05, 0.1) is 17.7 Å². The van der Waals surface area contributed by atoms with E-state index in [1.54, 1.807) is 23.6 Å². The van der Waals surface area contributed by atoms with Crippen molar-refractivity contribution in [3.63, 3.8) is 0 Å². The van der Waals surface area contributed by atoms with Crippen LogP contribution in [0.25, 0.3) is 0 Å². The summed E-state index contributed by atoms with van der Waals surface area (Å²) in [5.74, 6) is -0.681. The average Bonchev–Trinajstić information content (AvgIpc) is 3.41. The second-order valence-corrected chi connectivity index (χ2v) is 7.50. The van der Waals surface area contributed by atoms with Crippen molar-refractivity contribution >= 4 is 23.0 Å². The number of benzene rings is 1. The Morgan fingerprint density at radius 3 is 2.06 bits per heavy atom. The van der Waals surface area contributed by atoms with Crippen LogP contribution in [0.2, 0.25) is 0 Å². The zero-order valence-corrected chi connectivity index (χ0v) is 16.3. The fourth-order valence-electron chi connectivity index (χ4n) is 3.08. The number of hydrogen-bond donors (Lipinski definition) is 0. The summed E-state index contributed by atoms with van der Waals surface area (Å²) in [6.45, 7) is -0.163. The number of rotatable bonds is 4. The molecule has 0 spiro atoms. The topological polar surface area (TPSA) is 41.1 Å². The lowest BCUT2D eigenvalue weighted by Gasteiger charge is -2.39. The van der Waals surface area contributed by atoms with Gasteiger partial charge in [-0.15, -0.1) is 11.3 Å². The van der Waals surface area contributed by atoms with Crippen LogP contribution in [-0.2, 0) is 6.54 Å². The predicted molar refractivity (Wildman–Crippen MR) is 103 cm³/mol. The van der Waals surface area contributed by atoms with E-state index in [1.165, 1.54) is 47.6 Å². The van der Waals surface area contributed by atoms with Crippen LogP contribution in [0.15, 0.2) is 80.6 Å². The van der Waals surface area contributed by atoms with Crippen LogP contribution in [-0.4, -0.2) is 34.6 Å². The number of hydrogen-bond acceptors (Lipinski definition) is 5. The smallest absolute Gasteiger partial charge is 0.443 e. The Bertz CT molecular complexity index is 1070. The Labute approximate surface area is 176 Å². The minimum atomic E-state index is -5.81. The first-order valence-electron chi connectivity index (χ1n) is 8.85. The van der Waals surface area contributed by atoms with Crippen LogP contribution in [0.4, 0.5) is 26.3 Å². The Kier molecular flexibility index (Phi) is 5.16. The van der Waals surface area contributed by atoms with E-state index < -0.39 is 29.7 Å². The van der Waals surface area contributed by atoms with Gasteiger partial charge in [-0.3, -0.25) is 0 Å². The number of halogens is 6. The lowest BCUT2D eigenvalue weighted by atomic mass is 10.1. The largest absolute Gasteiger partial charge is 0.467 e. The summed E-state index contributed by atoms with van der Waals surface area (Å²) in [6, 6.07) is 13.4. The SMILES string of the molecule is FC(F)(F)C1(C(F)(F)F)N=C(c2ccccc2)N(Cc2ccco2)C(c2cccs2)=N1. The molecule has 1 aliphatic rings. The van der Waals surface area contributed by atoms with Gasteiger partial charge in [0.25, 0.3) is 0 Å². The lowest BCUT2D eigenvalue weighted by molar-refractivity contribution is -0.293. The second-order valence-electron chi connectivity index (χ2n) is 6.55. The van der Waals surface area contributed by atoms with Crippen LogP contribution in [0.1, 0.15) is 16.2 Å². The fraction of sp³-hybridized carbons (Fsp3) is 0.200. The second kappa shape index (κ2) is 7.56. The van der Waals surface area contributed by atoms with E-state index in [2.05, 4.69) is 9.98 Å². The van der Waals surface area contributed by atoms with Crippen molar-refractivity contribution in [2.24, 2.45) is 9.98 Å². The van der Waals surface area contributed by atoms with Gasteiger partial charge in [0.1, 0.15) is 11.6 Å². The fourth-order valence-corrected chi connectivity index (χ4v) is 3.80. The van der Waals surface area contributed by atoms with Crippen molar-refractivity contribution in [1.82, 2.24) is 4.90 Å². The van der Waals surface area contributed by atoms with Crippen LogP contribution in [0, 0.1) is 0 Å². The molecule has 11 heteroatoms. The molecule has 2 aromatic heterocycles. The first-order valence-corrected chi connectivity index (χ1v) is 9.73. The molecule has 3 heterocycles. The lowest BCUT2D eigenvalue weighted by Crippen LogP contribution is -2.59. The summed E-state index contributed by atoms with van der Waals surface area (Å²) in [7, 11) is 0. The third-order valence-electron chi connectivity index (χ3n) is 4.50. The van der Waals surface area contributed by atoms with Crippen LogP contribution >= 0.6 is 11.3 Å². The normalized spacial score (nSPS) is 16.8. The molecule has 1 aliphatic heterocycles. The molecule has 4 rings (SSSR count). The number of aliphatic imine (C=N–C) groups is 2. The molecule has 0 saturated carbocycles. The van der Waals surface area contributed by atoms with Crippen LogP contribution < -0.4 is 0 Å². The van der Waals surface area contributed by atoms with Crippen molar-refractivity contribution < 1.29 is 30.8 Å². The Morgan fingerprint density at radius 1 is 0.839 bits per heavy atom. The maximum Gasteiger partial charge on any atom is 0.443 e. The summed E-state index contributed by atoms with van der Waals surface area (Å²) >= 11 is 0.972. The monoisotopic (exact) mass is 457 g/mol. The summed E-state index contributed by atoms with van der Waals surface area (Å²) in [6.07, 6.45) is -10.3. The summed E-state index contributed by atoms with van der Waals surface area (Å²) in [5.41, 5.74) is -4.56. The molecule has 4 nitrogen and oxygen atoms in total. The molecule has 0 N–H and O–H groups in total. The van der Waals surface area contributed by atoms with Crippen molar-refractivity contribution in [3.05, 3.63) is 82.4 Å². The maximum absolute atomic E-state index is 13.9. The molecule has 1 aromatic carbocycles. The molecule has 0 fully saturated rings. The van der Waals surface area contributed by atoms with Crippen molar-refractivity contribution in [3.8, 4) is 0 Å². The van der Waals surface area contributed by atoms with Gasteiger partial charge in [-0.05, 0) is 23.6 Å². The molecule has 0 bridgehead atoms. The quantitative estimate of drug-likeness (QED) is 0.460. The Morgan fingerprint density at radius 2 is 1.52 bits per heavy atom. The summed E-state index contributed by atoms with van der Waals surface area (Å²) < 4.78 is 88.9. The third kappa shape index (κ3) is 3.73. The minimum Gasteiger partial charge on any atom is -0.467 e. The summed E-state index contributed by atoms with van der Waals surface area (Å²) in [4.78, 5) is 7.76. The third-order valence-corrected chi connectivity index (χ3v) is 5.37. The molecule has 0 radical (unpaired) electrons. The van der Waals surface area contributed by atoms with E-state index in [9.17, 15) is 26.3 Å². The highest BCUT2D eigenvalue weighted by Gasteiger charge is 2.74. The number of furan rings is 1. The molecular weight excluding hydrogens is 444 g/mol. The number of thiophene rings is 1. The van der Waals surface area contributed by atoms with Gasteiger partial charge in [0.15, 0.2) is 5.84 Å². The van der Waals surface area contributed by atoms with Gasteiger partial charge in [0.2, 0.25) is 0 Å². The van der Waals surface area contributed by atoms with Gasteiger partial charge in [-0.25, -0.2) is 9.98 Å². The van der Waals surface area contributed by atoms with Gasteiger partial charge in [-0.2, -0.15) is 26.3 Å². The van der Waals surface area contributed by atoms with E-state index in [0.717, 1.165) is 11.3 Å². The van der Waals surface area contributed by atoms with E-state index in [4.69, 9.17) is 4.42 Å². The van der Waals surface area contributed by atoms with Gasteiger partial charge < -0.3 is 9.32 Å². The standard InChI is InChI=1S/C20H13F6N3OS/c21-19(22,23)18(20(24,25)26)27-16(13-6-2-1-3-7-13)29(12-14-8-4-10-30-14)17(28-18)15-9-5-11-31-15/h1-11H,12H2. The number of alkyl halides is 6. The Hall–Kier alpha value is -3.08.